The minimum atomic E-state index is 0.744. The number of fused-ring (bicyclic) bond motifs is 1. The lowest BCUT2D eigenvalue weighted by Crippen LogP contribution is -1.82. The summed E-state index contributed by atoms with van der Waals surface area (Å²) in [4.78, 5) is 4.59. The van der Waals surface area contributed by atoms with E-state index in [0.29, 0.717) is 0 Å². The Bertz CT molecular complexity index is 747. The summed E-state index contributed by atoms with van der Waals surface area (Å²) in [5.41, 5.74) is 3.02. The van der Waals surface area contributed by atoms with Gasteiger partial charge in [-0.15, -0.1) is 0 Å². The standard InChI is InChI=1S/C17H12ClN/c18-15-6-3-4-13(12-15)8-10-16-11-9-14-5-1-2-7-17(14)19-16/h1-12H. The Labute approximate surface area is 117 Å². The quantitative estimate of drug-likeness (QED) is 0.631. The second-order valence-electron chi connectivity index (χ2n) is 4.32. The number of rotatable bonds is 2. The van der Waals surface area contributed by atoms with E-state index in [0.717, 1.165) is 27.2 Å². The maximum Gasteiger partial charge on any atom is 0.0709 e. The van der Waals surface area contributed by atoms with Gasteiger partial charge >= 0.3 is 0 Å². The zero-order valence-electron chi connectivity index (χ0n) is 10.3. The van der Waals surface area contributed by atoms with Gasteiger partial charge in [-0.2, -0.15) is 0 Å². The molecule has 0 unspecified atom stereocenters. The molecule has 1 nitrogen and oxygen atoms in total. The second-order valence-corrected chi connectivity index (χ2v) is 4.75. The van der Waals surface area contributed by atoms with Crippen molar-refractivity contribution in [1.29, 1.82) is 0 Å². The van der Waals surface area contributed by atoms with Crippen LogP contribution in [0.25, 0.3) is 23.1 Å². The molecule has 2 heteroatoms. The van der Waals surface area contributed by atoms with E-state index in [4.69, 9.17) is 11.6 Å². The second kappa shape index (κ2) is 5.25. The van der Waals surface area contributed by atoms with Crippen molar-refractivity contribution < 1.29 is 0 Å². The topological polar surface area (TPSA) is 12.9 Å². The highest BCUT2D eigenvalue weighted by atomic mass is 35.5. The third-order valence-corrected chi connectivity index (χ3v) is 3.15. The highest BCUT2D eigenvalue weighted by Crippen LogP contribution is 2.15. The van der Waals surface area contributed by atoms with E-state index in [1.807, 2.05) is 60.7 Å². The van der Waals surface area contributed by atoms with Crippen molar-refractivity contribution in [2.24, 2.45) is 0 Å². The highest BCUT2D eigenvalue weighted by molar-refractivity contribution is 6.30. The van der Waals surface area contributed by atoms with Gasteiger partial charge < -0.3 is 0 Å². The molecule has 19 heavy (non-hydrogen) atoms. The van der Waals surface area contributed by atoms with Crippen LogP contribution in [0, 0.1) is 0 Å². The average Bonchev–Trinajstić information content (AvgIpc) is 2.45. The van der Waals surface area contributed by atoms with Gasteiger partial charge in [0.25, 0.3) is 0 Å². The highest BCUT2D eigenvalue weighted by Gasteiger charge is 1.95. The van der Waals surface area contributed by atoms with Crippen molar-refractivity contribution in [2.75, 3.05) is 0 Å². The van der Waals surface area contributed by atoms with Crippen molar-refractivity contribution in [3.8, 4) is 0 Å². The molecule has 0 fully saturated rings. The van der Waals surface area contributed by atoms with Crippen LogP contribution in [0.4, 0.5) is 0 Å². The molecule has 0 saturated carbocycles. The molecule has 0 amide bonds. The fourth-order valence-corrected chi connectivity index (χ4v) is 2.17. The monoisotopic (exact) mass is 265 g/mol. The minimum Gasteiger partial charge on any atom is -0.248 e. The molecule has 0 aliphatic heterocycles. The van der Waals surface area contributed by atoms with E-state index in [1.54, 1.807) is 0 Å². The van der Waals surface area contributed by atoms with Crippen LogP contribution >= 0.6 is 11.6 Å². The van der Waals surface area contributed by atoms with Crippen molar-refractivity contribution in [2.45, 2.75) is 0 Å². The van der Waals surface area contributed by atoms with Gasteiger partial charge in [-0.1, -0.05) is 54.1 Å². The van der Waals surface area contributed by atoms with Crippen molar-refractivity contribution in [1.82, 2.24) is 4.98 Å². The lowest BCUT2D eigenvalue weighted by Gasteiger charge is -1.98. The zero-order chi connectivity index (χ0) is 13.1. The smallest absolute Gasteiger partial charge is 0.0709 e. The van der Waals surface area contributed by atoms with Gasteiger partial charge in [0.15, 0.2) is 0 Å². The molecule has 0 bridgehead atoms. The Kier molecular flexibility index (Phi) is 3.30. The van der Waals surface area contributed by atoms with Gasteiger partial charge in [0.2, 0.25) is 0 Å². The largest absolute Gasteiger partial charge is 0.248 e. The van der Waals surface area contributed by atoms with E-state index in [9.17, 15) is 0 Å². The van der Waals surface area contributed by atoms with Gasteiger partial charge in [-0.05, 0) is 35.9 Å². The fraction of sp³-hybridized carbons (Fsp3) is 0. The number of para-hydroxylation sites is 1. The molecule has 1 aromatic heterocycles. The van der Waals surface area contributed by atoms with Gasteiger partial charge in [0, 0.05) is 10.4 Å². The molecule has 0 saturated heterocycles. The van der Waals surface area contributed by atoms with Crippen molar-refractivity contribution in [3.63, 3.8) is 0 Å². The summed E-state index contributed by atoms with van der Waals surface area (Å²) in [5, 5.41) is 1.90. The molecule has 1 heterocycles. The van der Waals surface area contributed by atoms with Crippen LogP contribution in [0.3, 0.4) is 0 Å². The average molecular weight is 266 g/mol. The van der Waals surface area contributed by atoms with Crippen LogP contribution in [0.2, 0.25) is 5.02 Å². The molecule has 0 aliphatic rings. The third-order valence-electron chi connectivity index (χ3n) is 2.92. The van der Waals surface area contributed by atoms with Crippen LogP contribution in [0.1, 0.15) is 11.3 Å². The van der Waals surface area contributed by atoms with Crippen LogP contribution in [-0.4, -0.2) is 4.98 Å². The number of aromatic nitrogens is 1. The first-order chi connectivity index (χ1) is 9.31. The Balaban J connectivity index is 1.92. The van der Waals surface area contributed by atoms with E-state index in [2.05, 4.69) is 17.1 Å². The molecule has 0 aliphatic carbocycles. The molecule has 3 rings (SSSR count). The van der Waals surface area contributed by atoms with Crippen LogP contribution in [-0.2, 0) is 0 Å². The summed E-state index contributed by atoms with van der Waals surface area (Å²) in [6, 6.07) is 20.0. The number of hydrogen-bond donors (Lipinski definition) is 0. The summed E-state index contributed by atoms with van der Waals surface area (Å²) in [5.74, 6) is 0. The maximum absolute atomic E-state index is 5.96. The molecular formula is C17H12ClN. The van der Waals surface area contributed by atoms with Crippen LogP contribution < -0.4 is 0 Å². The molecule has 0 radical (unpaired) electrons. The third kappa shape index (κ3) is 2.83. The van der Waals surface area contributed by atoms with E-state index < -0.39 is 0 Å². The van der Waals surface area contributed by atoms with Crippen LogP contribution in [0.5, 0.6) is 0 Å². The van der Waals surface area contributed by atoms with E-state index >= 15 is 0 Å². The van der Waals surface area contributed by atoms with E-state index in [-0.39, 0.29) is 0 Å². The Morgan fingerprint density at radius 2 is 1.74 bits per heavy atom. The predicted molar refractivity (Wildman–Crippen MR) is 82.1 cm³/mol. The Morgan fingerprint density at radius 3 is 2.63 bits per heavy atom. The van der Waals surface area contributed by atoms with Crippen molar-refractivity contribution in [3.05, 3.63) is 76.9 Å². The van der Waals surface area contributed by atoms with Gasteiger partial charge in [0.1, 0.15) is 0 Å². The Morgan fingerprint density at radius 1 is 0.842 bits per heavy atom. The van der Waals surface area contributed by atoms with Gasteiger partial charge in [-0.25, -0.2) is 4.98 Å². The maximum atomic E-state index is 5.96. The molecular weight excluding hydrogens is 254 g/mol. The molecule has 0 atom stereocenters. The first-order valence-corrected chi connectivity index (χ1v) is 6.48. The lowest BCUT2D eigenvalue weighted by atomic mass is 10.1. The summed E-state index contributed by atoms with van der Waals surface area (Å²) in [6.45, 7) is 0. The first-order valence-electron chi connectivity index (χ1n) is 6.11. The Hall–Kier alpha value is -2.12. The number of halogens is 1. The molecule has 0 N–H and O–H groups in total. The predicted octanol–water partition coefficient (Wildman–Crippen LogP) is 5.06. The molecule has 2 aromatic carbocycles. The van der Waals surface area contributed by atoms with Crippen LogP contribution in [0.15, 0.2) is 60.7 Å². The summed E-state index contributed by atoms with van der Waals surface area (Å²) in [6.07, 6.45) is 4.01. The zero-order valence-corrected chi connectivity index (χ0v) is 11.0. The summed E-state index contributed by atoms with van der Waals surface area (Å²) < 4.78 is 0. The van der Waals surface area contributed by atoms with Gasteiger partial charge in [-0.3, -0.25) is 0 Å². The van der Waals surface area contributed by atoms with Crippen molar-refractivity contribution >= 4 is 34.7 Å². The number of nitrogens with zero attached hydrogens (tertiary/aromatic N) is 1. The lowest BCUT2D eigenvalue weighted by molar-refractivity contribution is 1.37. The van der Waals surface area contributed by atoms with E-state index in [1.165, 1.54) is 0 Å². The fourth-order valence-electron chi connectivity index (χ4n) is 1.97. The van der Waals surface area contributed by atoms with Gasteiger partial charge in [0.05, 0.1) is 11.2 Å². The first kappa shape index (κ1) is 11.9. The molecule has 92 valence electrons. The number of pyridine rings is 1. The molecule has 3 aromatic rings. The number of benzene rings is 2. The minimum absolute atomic E-state index is 0.744. The number of hydrogen-bond acceptors (Lipinski definition) is 1. The molecule has 0 spiro atoms. The summed E-state index contributed by atoms with van der Waals surface area (Å²) in [7, 11) is 0. The SMILES string of the molecule is Clc1cccc(C=Cc2ccc3ccccc3n2)c1. The normalized spacial score (nSPS) is 11.2. The summed E-state index contributed by atoms with van der Waals surface area (Å²) >= 11 is 5.96.